The number of hydrogen-bond acceptors (Lipinski definition) is 3. The van der Waals surface area contributed by atoms with Gasteiger partial charge in [0.25, 0.3) is 0 Å². The van der Waals surface area contributed by atoms with E-state index in [1.165, 1.54) is 0 Å². The molecular formula is C9H16ClNO3S. The molecule has 1 unspecified atom stereocenters. The van der Waals surface area contributed by atoms with Crippen LogP contribution in [-0.4, -0.2) is 37.6 Å². The molecule has 1 rings (SSSR count). The molecule has 0 saturated carbocycles. The molecule has 0 N–H and O–H groups in total. The van der Waals surface area contributed by atoms with Crippen LogP contribution in [0, 0.1) is 0 Å². The lowest BCUT2D eigenvalue weighted by molar-refractivity contribution is -0.133. The number of carbonyl (C=O) groups excluding carboxylic acids is 1. The summed E-state index contributed by atoms with van der Waals surface area (Å²) in [6.07, 6.45) is 3.14. The van der Waals surface area contributed by atoms with Crippen molar-refractivity contribution < 1.29 is 13.2 Å². The standard InChI is InChI=1S/C9H16ClNO3S/c1-8-4-2-3-6-11(8)9(12)5-7-15(10,13)14/h8H,2-7H2,1H3. The van der Waals surface area contributed by atoms with Crippen LogP contribution in [0.1, 0.15) is 32.6 Å². The summed E-state index contributed by atoms with van der Waals surface area (Å²) in [4.78, 5) is 13.4. The predicted octanol–water partition coefficient (Wildman–Crippen LogP) is 1.35. The quantitative estimate of drug-likeness (QED) is 0.714. The van der Waals surface area contributed by atoms with Gasteiger partial charge in [-0.05, 0) is 26.2 Å². The Labute approximate surface area is 95.0 Å². The second-order valence-electron chi connectivity index (χ2n) is 3.92. The third-order valence-corrected chi connectivity index (χ3v) is 3.84. The number of carbonyl (C=O) groups is 1. The van der Waals surface area contributed by atoms with E-state index >= 15 is 0 Å². The highest BCUT2D eigenvalue weighted by molar-refractivity contribution is 8.13. The Balaban J connectivity index is 2.45. The Morgan fingerprint density at radius 1 is 1.47 bits per heavy atom. The largest absolute Gasteiger partial charge is 0.340 e. The third kappa shape index (κ3) is 4.38. The van der Waals surface area contributed by atoms with Crippen molar-refractivity contribution in [1.29, 1.82) is 0 Å². The molecule has 1 amide bonds. The Bertz CT molecular complexity index is 328. The van der Waals surface area contributed by atoms with E-state index in [4.69, 9.17) is 10.7 Å². The summed E-state index contributed by atoms with van der Waals surface area (Å²) in [5, 5.41) is 0. The van der Waals surface area contributed by atoms with Crippen molar-refractivity contribution in [1.82, 2.24) is 4.90 Å². The summed E-state index contributed by atoms with van der Waals surface area (Å²) in [6.45, 7) is 2.73. The molecule has 0 bridgehead atoms. The third-order valence-electron chi connectivity index (χ3n) is 2.68. The van der Waals surface area contributed by atoms with Gasteiger partial charge in [-0.2, -0.15) is 0 Å². The molecule has 1 heterocycles. The topological polar surface area (TPSA) is 54.5 Å². The van der Waals surface area contributed by atoms with Gasteiger partial charge in [-0.15, -0.1) is 0 Å². The molecular weight excluding hydrogens is 238 g/mol. The normalized spacial score (nSPS) is 22.8. The maximum atomic E-state index is 11.7. The Hall–Kier alpha value is -0.290. The summed E-state index contributed by atoms with van der Waals surface area (Å²) in [7, 11) is 1.50. The Morgan fingerprint density at radius 3 is 2.67 bits per heavy atom. The molecule has 0 radical (unpaired) electrons. The summed E-state index contributed by atoms with van der Waals surface area (Å²) >= 11 is 0. The van der Waals surface area contributed by atoms with Gasteiger partial charge < -0.3 is 4.90 Å². The predicted molar refractivity (Wildman–Crippen MR) is 59.3 cm³/mol. The van der Waals surface area contributed by atoms with E-state index in [1.54, 1.807) is 4.90 Å². The fourth-order valence-corrected chi connectivity index (χ4v) is 2.47. The van der Waals surface area contributed by atoms with Crippen LogP contribution < -0.4 is 0 Å². The highest BCUT2D eigenvalue weighted by Crippen LogP contribution is 2.17. The van der Waals surface area contributed by atoms with E-state index in [0.717, 1.165) is 25.8 Å². The highest BCUT2D eigenvalue weighted by Gasteiger charge is 2.23. The van der Waals surface area contributed by atoms with Crippen molar-refractivity contribution in [3.63, 3.8) is 0 Å². The molecule has 0 aliphatic carbocycles. The fourth-order valence-electron chi connectivity index (χ4n) is 1.82. The van der Waals surface area contributed by atoms with Crippen molar-refractivity contribution in [3.8, 4) is 0 Å². The van der Waals surface area contributed by atoms with E-state index < -0.39 is 9.05 Å². The van der Waals surface area contributed by atoms with Gasteiger partial charge >= 0.3 is 0 Å². The molecule has 0 aromatic carbocycles. The molecule has 1 aliphatic heterocycles. The number of halogens is 1. The molecule has 0 aromatic rings. The number of hydrogen-bond donors (Lipinski definition) is 0. The van der Waals surface area contributed by atoms with Crippen LogP contribution in [0.15, 0.2) is 0 Å². The van der Waals surface area contributed by atoms with Gasteiger partial charge in [-0.25, -0.2) is 8.42 Å². The van der Waals surface area contributed by atoms with Crippen LogP contribution in [0.4, 0.5) is 0 Å². The number of likely N-dealkylation sites (tertiary alicyclic amines) is 1. The zero-order valence-corrected chi connectivity index (χ0v) is 10.4. The van der Waals surface area contributed by atoms with Crippen LogP contribution in [-0.2, 0) is 13.8 Å². The first kappa shape index (κ1) is 12.8. The number of rotatable bonds is 3. The molecule has 1 fully saturated rings. The van der Waals surface area contributed by atoms with E-state index in [0.29, 0.717) is 0 Å². The summed E-state index contributed by atoms with van der Waals surface area (Å²) < 4.78 is 21.4. The maximum absolute atomic E-state index is 11.7. The van der Waals surface area contributed by atoms with Crippen molar-refractivity contribution in [3.05, 3.63) is 0 Å². The summed E-state index contributed by atoms with van der Waals surface area (Å²) in [5.41, 5.74) is 0. The van der Waals surface area contributed by atoms with E-state index in [1.807, 2.05) is 6.92 Å². The summed E-state index contributed by atoms with van der Waals surface area (Å²) in [6, 6.07) is 0.226. The molecule has 15 heavy (non-hydrogen) atoms. The van der Waals surface area contributed by atoms with Crippen LogP contribution >= 0.6 is 10.7 Å². The first-order chi connectivity index (χ1) is 6.90. The molecule has 88 valence electrons. The lowest BCUT2D eigenvalue weighted by Crippen LogP contribution is -2.42. The van der Waals surface area contributed by atoms with Crippen molar-refractivity contribution in [2.75, 3.05) is 12.3 Å². The van der Waals surface area contributed by atoms with Crippen molar-refractivity contribution >= 4 is 25.6 Å². The van der Waals surface area contributed by atoms with Crippen LogP contribution in [0.5, 0.6) is 0 Å². The molecule has 6 heteroatoms. The SMILES string of the molecule is CC1CCCCN1C(=O)CCS(=O)(=O)Cl. The minimum atomic E-state index is -3.55. The molecule has 0 aromatic heterocycles. The van der Waals surface area contributed by atoms with Crippen LogP contribution in [0.25, 0.3) is 0 Å². The number of amides is 1. The van der Waals surface area contributed by atoms with E-state index in [9.17, 15) is 13.2 Å². The first-order valence-electron chi connectivity index (χ1n) is 5.12. The second kappa shape index (κ2) is 5.16. The van der Waals surface area contributed by atoms with Gasteiger partial charge in [0.05, 0.1) is 5.75 Å². The lowest BCUT2D eigenvalue weighted by atomic mass is 10.0. The molecule has 1 atom stereocenters. The van der Waals surface area contributed by atoms with E-state index in [2.05, 4.69) is 0 Å². The number of nitrogens with zero attached hydrogens (tertiary/aromatic N) is 1. The minimum absolute atomic E-state index is 0.00380. The fraction of sp³-hybridized carbons (Fsp3) is 0.889. The van der Waals surface area contributed by atoms with Crippen LogP contribution in [0.2, 0.25) is 0 Å². The zero-order valence-electron chi connectivity index (χ0n) is 8.78. The minimum Gasteiger partial charge on any atom is -0.340 e. The summed E-state index contributed by atoms with van der Waals surface area (Å²) in [5.74, 6) is -0.372. The van der Waals surface area contributed by atoms with Gasteiger partial charge in [-0.3, -0.25) is 4.79 Å². The average Bonchev–Trinajstić information content (AvgIpc) is 2.14. The average molecular weight is 254 g/mol. The maximum Gasteiger partial charge on any atom is 0.233 e. The first-order valence-corrected chi connectivity index (χ1v) is 7.60. The molecule has 0 spiro atoms. The van der Waals surface area contributed by atoms with Gasteiger partial charge in [0, 0.05) is 29.7 Å². The second-order valence-corrected chi connectivity index (χ2v) is 6.82. The van der Waals surface area contributed by atoms with Crippen LogP contribution in [0.3, 0.4) is 0 Å². The highest BCUT2D eigenvalue weighted by atomic mass is 35.7. The Morgan fingerprint density at radius 2 is 2.13 bits per heavy atom. The molecule has 1 aliphatic rings. The smallest absolute Gasteiger partial charge is 0.233 e. The van der Waals surface area contributed by atoms with Gasteiger partial charge in [0.1, 0.15) is 0 Å². The lowest BCUT2D eigenvalue weighted by Gasteiger charge is -2.33. The molecule has 4 nitrogen and oxygen atoms in total. The monoisotopic (exact) mass is 253 g/mol. The van der Waals surface area contributed by atoms with Gasteiger partial charge in [0.2, 0.25) is 15.0 Å². The van der Waals surface area contributed by atoms with E-state index in [-0.39, 0.29) is 24.1 Å². The molecule has 1 saturated heterocycles. The zero-order chi connectivity index (χ0) is 11.5. The number of piperidine rings is 1. The van der Waals surface area contributed by atoms with Gasteiger partial charge in [0.15, 0.2) is 0 Å². The van der Waals surface area contributed by atoms with Crippen molar-refractivity contribution in [2.45, 2.75) is 38.6 Å². The Kier molecular flexibility index (Phi) is 4.40. The van der Waals surface area contributed by atoms with Gasteiger partial charge in [-0.1, -0.05) is 0 Å². The van der Waals surface area contributed by atoms with Crippen molar-refractivity contribution in [2.24, 2.45) is 0 Å².